The Balaban J connectivity index is 1.61. The van der Waals surface area contributed by atoms with Gasteiger partial charge in [0.15, 0.2) is 0 Å². The number of rotatable bonds is 2. The number of alkyl halides is 2. The van der Waals surface area contributed by atoms with Gasteiger partial charge in [-0.05, 0) is 12.1 Å². The summed E-state index contributed by atoms with van der Waals surface area (Å²) in [4.78, 5) is 25.8. The van der Waals surface area contributed by atoms with E-state index in [1.165, 1.54) is 28.6 Å². The lowest BCUT2D eigenvalue weighted by molar-refractivity contribution is -0.137. The average molecular weight is 378 g/mol. The first-order valence-corrected chi connectivity index (χ1v) is 9.03. The van der Waals surface area contributed by atoms with Crippen LogP contribution in [0.3, 0.4) is 0 Å². The number of aromatic nitrogens is 3. The van der Waals surface area contributed by atoms with E-state index in [1.54, 1.807) is 12.1 Å². The molecule has 1 fully saturated rings. The molecule has 5 nitrogen and oxygen atoms in total. The lowest BCUT2D eigenvalue weighted by Crippen LogP contribution is -2.42. The molecule has 3 aromatic rings. The summed E-state index contributed by atoms with van der Waals surface area (Å²) >= 11 is 1.25. The molecule has 1 N–H and O–H groups in total. The maximum absolute atomic E-state index is 14.0. The zero-order chi connectivity index (χ0) is 18.1. The molecule has 0 radical (unpaired) electrons. The molecule has 0 spiro atoms. The Bertz CT molecular complexity index is 1030. The minimum Gasteiger partial charge on any atom is -0.348 e. The summed E-state index contributed by atoms with van der Waals surface area (Å²) in [5.74, 6) is -5.26. The van der Waals surface area contributed by atoms with Gasteiger partial charge in [-0.15, -0.1) is 11.3 Å². The largest absolute Gasteiger partial charge is 0.348 e. The number of fused-ring (bicyclic) bond motifs is 2. The van der Waals surface area contributed by atoms with Crippen molar-refractivity contribution in [3.8, 4) is 0 Å². The number of halogens is 3. The Kier molecular flexibility index (Phi) is 3.22. The van der Waals surface area contributed by atoms with Crippen LogP contribution in [0.5, 0.6) is 0 Å². The highest BCUT2D eigenvalue weighted by Crippen LogP contribution is 2.51. The molecule has 0 bridgehead atoms. The summed E-state index contributed by atoms with van der Waals surface area (Å²) in [6.45, 7) is 0.295. The van der Waals surface area contributed by atoms with Crippen LogP contribution in [0.1, 0.15) is 28.9 Å². The van der Waals surface area contributed by atoms with Gasteiger partial charge >= 0.3 is 0 Å². The normalized spacial score (nSPS) is 23.9. The third-order valence-electron chi connectivity index (χ3n) is 4.95. The molecule has 2 aliphatic rings. The maximum Gasteiger partial charge on any atom is 0.260 e. The highest BCUT2D eigenvalue weighted by Gasteiger charge is 2.63. The second kappa shape index (κ2) is 5.29. The molecule has 2 atom stereocenters. The zero-order valence-electron chi connectivity index (χ0n) is 13.4. The average Bonchev–Trinajstić information content (AvgIpc) is 2.99. The first-order valence-electron chi connectivity index (χ1n) is 8.21. The third-order valence-corrected chi connectivity index (χ3v) is 6.03. The number of imidazole rings is 1. The van der Waals surface area contributed by atoms with Crippen LogP contribution in [0.15, 0.2) is 24.5 Å². The molecule has 5 rings (SSSR count). The van der Waals surface area contributed by atoms with Gasteiger partial charge in [-0.1, -0.05) is 6.07 Å². The number of amides is 1. The Morgan fingerprint density at radius 1 is 1.38 bits per heavy atom. The highest BCUT2D eigenvalue weighted by molar-refractivity contribution is 7.18. The van der Waals surface area contributed by atoms with Gasteiger partial charge in [0, 0.05) is 25.1 Å². The molecule has 0 saturated heterocycles. The van der Waals surface area contributed by atoms with Crippen molar-refractivity contribution >= 4 is 27.5 Å². The molecule has 1 amide bonds. The van der Waals surface area contributed by atoms with Gasteiger partial charge in [-0.3, -0.25) is 4.79 Å². The fourth-order valence-electron chi connectivity index (χ4n) is 3.49. The number of para-hydroxylation sites is 1. The second-order valence-electron chi connectivity index (χ2n) is 6.61. The summed E-state index contributed by atoms with van der Waals surface area (Å²) in [6, 6.07) is 3.98. The smallest absolute Gasteiger partial charge is 0.260 e. The SMILES string of the molecule is O=C([C@@H]1CC1(F)F)N1CCc2[nH]cnc2[C@H]1c1nc2c(F)cccc2s1. The van der Waals surface area contributed by atoms with Crippen LogP contribution in [-0.4, -0.2) is 38.2 Å². The predicted molar refractivity (Wildman–Crippen MR) is 88.5 cm³/mol. The van der Waals surface area contributed by atoms with Crippen LogP contribution in [0, 0.1) is 11.7 Å². The van der Waals surface area contributed by atoms with Crippen LogP contribution < -0.4 is 0 Å². The lowest BCUT2D eigenvalue weighted by atomic mass is 10.0. The minimum absolute atomic E-state index is 0.222. The van der Waals surface area contributed by atoms with Gasteiger partial charge in [-0.2, -0.15) is 0 Å². The maximum atomic E-state index is 14.0. The van der Waals surface area contributed by atoms with Crippen molar-refractivity contribution in [1.82, 2.24) is 19.9 Å². The van der Waals surface area contributed by atoms with Gasteiger partial charge in [0.05, 0.1) is 16.7 Å². The van der Waals surface area contributed by atoms with Crippen LogP contribution in [0.2, 0.25) is 0 Å². The monoisotopic (exact) mass is 378 g/mol. The molecule has 3 heterocycles. The number of carbonyl (C=O) groups excluding carboxylic acids is 1. The molecule has 9 heteroatoms. The number of aromatic amines is 1. The van der Waals surface area contributed by atoms with E-state index < -0.39 is 36.0 Å². The number of thiazole rings is 1. The molecule has 1 aliphatic heterocycles. The lowest BCUT2D eigenvalue weighted by Gasteiger charge is -2.33. The zero-order valence-corrected chi connectivity index (χ0v) is 14.2. The molecule has 1 saturated carbocycles. The second-order valence-corrected chi connectivity index (χ2v) is 7.67. The van der Waals surface area contributed by atoms with E-state index in [4.69, 9.17) is 0 Å². The molecular formula is C17H13F3N4OS. The van der Waals surface area contributed by atoms with E-state index in [-0.39, 0.29) is 5.52 Å². The van der Waals surface area contributed by atoms with Crippen molar-refractivity contribution in [3.63, 3.8) is 0 Å². The molecule has 1 aromatic carbocycles. The van der Waals surface area contributed by atoms with E-state index in [0.717, 1.165) is 5.69 Å². The predicted octanol–water partition coefficient (Wildman–Crippen LogP) is 3.29. The Morgan fingerprint density at radius 3 is 2.92 bits per heavy atom. The van der Waals surface area contributed by atoms with Gasteiger partial charge in [0.2, 0.25) is 5.91 Å². The Morgan fingerprint density at radius 2 is 2.19 bits per heavy atom. The topological polar surface area (TPSA) is 61.9 Å². The van der Waals surface area contributed by atoms with Crippen molar-refractivity contribution in [3.05, 3.63) is 46.7 Å². The quantitative estimate of drug-likeness (QED) is 0.744. The molecule has 2 aromatic heterocycles. The molecule has 26 heavy (non-hydrogen) atoms. The summed E-state index contributed by atoms with van der Waals surface area (Å²) in [5, 5.41) is 0.482. The van der Waals surface area contributed by atoms with Crippen molar-refractivity contribution in [2.24, 2.45) is 5.92 Å². The fourth-order valence-corrected chi connectivity index (χ4v) is 4.59. The summed E-state index contributed by atoms with van der Waals surface area (Å²) < 4.78 is 41.6. The van der Waals surface area contributed by atoms with E-state index in [1.807, 2.05) is 0 Å². The molecule has 1 aliphatic carbocycles. The molecular weight excluding hydrogens is 365 g/mol. The van der Waals surface area contributed by atoms with Gasteiger partial charge in [0.1, 0.15) is 28.3 Å². The number of hydrogen-bond donors (Lipinski definition) is 1. The number of carbonyl (C=O) groups is 1. The number of hydrogen-bond acceptors (Lipinski definition) is 4. The van der Waals surface area contributed by atoms with Crippen LogP contribution in [0.4, 0.5) is 13.2 Å². The van der Waals surface area contributed by atoms with Crippen molar-refractivity contribution in [2.75, 3.05) is 6.54 Å². The number of nitrogens with one attached hydrogen (secondary N) is 1. The van der Waals surface area contributed by atoms with E-state index in [2.05, 4.69) is 15.0 Å². The number of benzene rings is 1. The summed E-state index contributed by atoms with van der Waals surface area (Å²) in [7, 11) is 0. The van der Waals surface area contributed by atoms with Crippen LogP contribution in [0.25, 0.3) is 10.2 Å². The van der Waals surface area contributed by atoms with Gasteiger partial charge in [-0.25, -0.2) is 23.1 Å². The van der Waals surface area contributed by atoms with E-state index in [0.29, 0.717) is 28.4 Å². The Labute approximate surface area is 149 Å². The number of H-pyrrole nitrogens is 1. The third kappa shape index (κ3) is 2.26. The van der Waals surface area contributed by atoms with Crippen LogP contribution >= 0.6 is 11.3 Å². The fraction of sp³-hybridized carbons (Fsp3) is 0.353. The first-order chi connectivity index (χ1) is 12.5. The van der Waals surface area contributed by atoms with Gasteiger partial charge < -0.3 is 9.88 Å². The van der Waals surface area contributed by atoms with Crippen molar-refractivity contribution < 1.29 is 18.0 Å². The van der Waals surface area contributed by atoms with Crippen molar-refractivity contribution in [1.29, 1.82) is 0 Å². The van der Waals surface area contributed by atoms with E-state index >= 15 is 0 Å². The molecule has 0 unspecified atom stereocenters. The minimum atomic E-state index is -2.94. The number of nitrogens with zero attached hydrogens (tertiary/aromatic N) is 3. The van der Waals surface area contributed by atoms with Crippen LogP contribution in [-0.2, 0) is 11.2 Å². The standard InChI is InChI=1S/C17H13F3N4OS/c18-9-2-1-3-11-12(9)23-15(26-11)14-13-10(21-7-22-13)4-5-24(14)16(25)8-6-17(8,19)20/h1-3,7-8,14H,4-6H2,(H,21,22)/t8-,14-/m0/s1. The van der Waals surface area contributed by atoms with Crippen molar-refractivity contribution in [2.45, 2.75) is 24.8 Å². The summed E-state index contributed by atoms with van der Waals surface area (Å²) in [6.07, 6.45) is 1.61. The Hall–Kier alpha value is -2.42. The highest BCUT2D eigenvalue weighted by atomic mass is 32.1. The summed E-state index contributed by atoms with van der Waals surface area (Å²) in [5.41, 5.74) is 1.66. The van der Waals surface area contributed by atoms with Gasteiger partial charge in [0.25, 0.3) is 5.92 Å². The first kappa shape index (κ1) is 15.8. The van der Waals surface area contributed by atoms with E-state index in [9.17, 15) is 18.0 Å². The molecule has 134 valence electrons.